The van der Waals surface area contributed by atoms with Gasteiger partial charge in [0, 0.05) is 18.8 Å². The molecule has 0 spiro atoms. The third-order valence-corrected chi connectivity index (χ3v) is 4.93. The van der Waals surface area contributed by atoms with Crippen molar-refractivity contribution in [3.05, 3.63) is 41.2 Å². The van der Waals surface area contributed by atoms with Crippen LogP contribution in [0, 0.1) is 5.82 Å². The lowest BCUT2D eigenvalue weighted by atomic mass is 10.1. The maximum absolute atomic E-state index is 13.3. The topological polar surface area (TPSA) is 63.1 Å². The second-order valence-corrected chi connectivity index (χ2v) is 6.54. The van der Waals surface area contributed by atoms with E-state index in [9.17, 15) is 9.18 Å². The van der Waals surface area contributed by atoms with Crippen LogP contribution in [0.15, 0.2) is 24.5 Å². The van der Waals surface area contributed by atoms with Gasteiger partial charge in [0.2, 0.25) is 5.91 Å². The van der Waals surface area contributed by atoms with Gasteiger partial charge in [0.15, 0.2) is 0 Å². The number of halogens is 2. The van der Waals surface area contributed by atoms with Crippen LogP contribution in [0.3, 0.4) is 0 Å². The number of nitrogens with zero attached hydrogens (tertiary/aromatic N) is 4. The molecule has 4 rings (SSSR count). The summed E-state index contributed by atoms with van der Waals surface area (Å²) in [5, 5.41) is 7.64. The van der Waals surface area contributed by atoms with Crippen molar-refractivity contribution < 1.29 is 9.18 Å². The van der Waals surface area contributed by atoms with Gasteiger partial charge in [-0.25, -0.2) is 14.1 Å². The Balaban J connectivity index is 1.49. The Morgan fingerprint density at radius 2 is 2.12 bits per heavy atom. The van der Waals surface area contributed by atoms with Gasteiger partial charge < -0.3 is 4.90 Å². The molecule has 3 heterocycles. The molecule has 2 aromatic rings. The SMILES string of the molecule is O=C1[C@@H](N[C@H]2CCCn3ncnc32)CCN1c1ccc(F)c(Cl)c1. The smallest absolute Gasteiger partial charge is 0.244 e. The van der Waals surface area contributed by atoms with E-state index < -0.39 is 5.82 Å². The van der Waals surface area contributed by atoms with Crippen LogP contribution in [0.25, 0.3) is 0 Å². The van der Waals surface area contributed by atoms with Gasteiger partial charge in [0.1, 0.15) is 18.0 Å². The van der Waals surface area contributed by atoms with Crippen molar-refractivity contribution in [2.45, 2.75) is 37.9 Å². The van der Waals surface area contributed by atoms with Crippen LogP contribution in [0.1, 0.15) is 31.1 Å². The number of aromatic nitrogens is 3. The Hall–Kier alpha value is -1.99. The molecule has 1 saturated heterocycles. The number of aryl methyl sites for hydroxylation is 1. The average Bonchev–Trinajstić information content (AvgIpc) is 3.18. The summed E-state index contributed by atoms with van der Waals surface area (Å²) in [6.45, 7) is 1.45. The van der Waals surface area contributed by atoms with Gasteiger partial charge in [-0.3, -0.25) is 10.1 Å². The third kappa shape index (κ3) is 2.67. The summed E-state index contributed by atoms with van der Waals surface area (Å²) in [5.41, 5.74) is 0.627. The van der Waals surface area contributed by atoms with E-state index in [1.807, 2.05) is 4.68 Å². The first-order chi connectivity index (χ1) is 11.6. The molecule has 1 fully saturated rings. The second-order valence-electron chi connectivity index (χ2n) is 6.13. The van der Waals surface area contributed by atoms with Crippen molar-refractivity contribution in [1.82, 2.24) is 20.1 Å². The molecule has 0 unspecified atom stereocenters. The number of carbonyl (C=O) groups is 1. The molecule has 1 amide bonds. The molecule has 2 aliphatic heterocycles. The number of hydrogen-bond acceptors (Lipinski definition) is 4. The summed E-state index contributed by atoms with van der Waals surface area (Å²) < 4.78 is 15.2. The summed E-state index contributed by atoms with van der Waals surface area (Å²) in [5.74, 6) is 0.384. The van der Waals surface area contributed by atoms with Crippen molar-refractivity contribution in [1.29, 1.82) is 0 Å². The molecule has 0 radical (unpaired) electrons. The largest absolute Gasteiger partial charge is 0.311 e. The highest BCUT2D eigenvalue weighted by Gasteiger charge is 2.35. The molecular formula is C16H17ClFN5O. The molecule has 0 aliphatic carbocycles. The van der Waals surface area contributed by atoms with E-state index in [2.05, 4.69) is 15.4 Å². The van der Waals surface area contributed by atoms with Crippen LogP contribution >= 0.6 is 11.6 Å². The molecule has 24 heavy (non-hydrogen) atoms. The standard InChI is InChI=1S/C16H17ClFN5O/c17-11-8-10(3-4-12(11)18)22-7-5-14(16(22)24)21-13-2-1-6-23-15(13)19-9-20-23/h3-4,8-9,13-14,21H,1-2,5-7H2/t13-,14-/m0/s1. The molecule has 2 aliphatic rings. The quantitative estimate of drug-likeness (QED) is 0.923. The molecule has 0 bridgehead atoms. The number of anilines is 1. The van der Waals surface area contributed by atoms with E-state index in [1.165, 1.54) is 12.1 Å². The summed E-state index contributed by atoms with van der Waals surface area (Å²) in [6.07, 6.45) is 4.19. The Kier molecular flexibility index (Phi) is 3.97. The summed E-state index contributed by atoms with van der Waals surface area (Å²) >= 11 is 5.83. The van der Waals surface area contributed by atoms with Crippen LogP contribution in [0.5, 0.6) is 0 Å². The minimum Gasteiger partial charge on any atom is -0.311 e. The molecule has 2 atom stereocenters. The number of fused-ring (bicyclic) bond motifs is 1. The summed E-state index contributed by atoms with van der Waals surface area (Å²) in [4.78, 5) is 18.7. The Labute approximate surface area is 143 Å². The Bertz CT molecular complexity index is 780. The van der Waals surface area contributed by atoms with E-state index in [-0.39, 0.29) is 23.0 Å². The molecule has 1 aromatic carbocycles. The molecule has 6 nitrogen and oxygen atoms in total. The molecule has 1 N–H and O–H groups in total. The minimum absolute atomic E-state index is 0.0192. The lowest BCUT2D eigenvalue weighted by molar-refractivity contribution is -0.119. The average molecular weight is 350 g/mol. The van der Waals surface area contributed by atoms with Crippen LogP contribution in [-0.2, 0) is 11.3 Å². The van der Waals surface area contributed by atoms with Gasteiger partial charge in [0.25, 0.3) is 0 Å². The fourth-order valence-electron chi connectivity index (χ4n) is 3.43. The fraction of sp³-hybridized carbons (Fsp3) is 0.438. The second kappa shape index (κ2) is 6.14. The van der Waals surface area contributed by atoms with Gasteiger partial charge in [-0.1, -0.05) is 11.6 Å². The van der Waals surface area contributed by atoms with Crippen molar-refractivity contribution in [2.75, 3.05) is 11.4 Å². The monoisotopic (exact) mass is 349 g/mol. The van der Waals surface area contributed by atoms with Gasteiger partial charge in [-0.05, 0) is 37.5 Å². The minimum atomic E-state index is -0.483. The van der Waals surface area contributed by atoms with E-state index in [1.54, 1.807) is 17.3 Å². The van der Waals surface area contributed by atoms with Crippen molar-refractivity contribution in [2.24, 2.45) is 0 Å². The highest BCUT2D eigenvalue weighted by Crippen LogP contribution is 2.29. The number of amides is 1. The first-order valence-electron chi connectivity index (χ1n) is 8.03. The van der Waals surface area contributed by atoms with Gasteiger partial charge in [-0.2, -0.15) is 5.10 Å². The van der Waals surface area contributed by atoms with Gasteiger partial charge >= 0.3 is 0 Å². The number of hydrogen-bond donors (Lipinski definition) is 1. The summed E-state index contributed by atoms with van der Waals surface area (Å²) in [6, 6.07) is 4.12. The zero-order chi connectivity index (χ0) is 16.7. The van der Waals surface area contributed by atoms with Crippen LogP contribution < -0.4 is 10.2 Å². The van der Waals surface area contributed by atoms with Crippen LogP contribution in [0.2, 0.25) is 5.02 Å². The van der Waals surface area contributed by atoms with Gasteiger partial charge in [0.05, 0.1) is 17.1 Å². The molecular weight excluding hydrogens is 333 g/mol. The molecule has 126 valence electrons. The molecule has 8 heteroatoms. The van der Waals surface area contributed by atoms with Crippen molar-refractivity contribution in [3.63, 3.8) is 0 Å². The Morgan fingerprint density at radius 1 is 1.25 bits per heavy atom. The zero-order valence-electron chi connectivity index (χ0n) is 13.0. The number of carbonyl (C=O) groups excluding carboxylic acids is 1. The fourth-order valence-corrected chi connectivity index (χ4v) is 3.61. The lowest BCUT2D eigenvalue weighted by Gasteiger charge is -2.26. The normalized spacial score (nSPS) is 23.6. The highest BCUT2D eigenvalue weighted by molar-refractivity contribution is 6.31. The number of nitrogens with one attached hydrogen (secondary N) is 1. The first-order valence-corrected chi connectivity index (χ1v) is 8.41. The third-order valence-electron chi connectivity index (χ3n) is 4.64. The van der Waals surface area contributed by atoms with E-state index in [4.69, 9.17) is 11.6 Å². The van der Waals surface area contributed by atoms with Crippen molar-refractivity contribution in [3.8, 4) is 0 Å². The maximum atomic E-state index is 13.3. The first kappa shape index (κ1) is 15.5. The highest BCUT2D eigenvalue weighted by atomic mass is 35.5. The maximum Gasteiger partial charge on any atom is 0.244 e. The van der Waals surface area contributed by atoms with Gasteiger partial charge in [-0.15, -0.1) is 0 Å². The predicted molar refractivity (Wildman–Crippen MR) is 87.3 cm³/mol. The van der Waals surface area contributed by atoms with Crippen LogP contribution in [0.4, 0.5) is 10.1 Å². The molecule has 0 saturated carbocycles. The summed E-state index contributed by atoms with van der Waals surface area (Å²) in [7, 11) is 0. The zero-order valence-corrected chi connectivity index (χ0v) is 13.7. The predicted octanol–water partition coefficient (Wildman–Crippen LogP) is 2.30. The lowest BCUT2D eigenvalue weighted by Crippen LogP contribution is -2.42. The number of rotatable bonds is 3. The molecule has 1 aromatic heterocycles. The van der Waals surface area contributed by atoms with E-state index in [0.717, 1.165) is 25.2 Å². The number of benzene rings is 1. The van der Waals surface area contributed by atoms with Crippen LogP contribution in [-0.4, -0.2) is 33.3 Å². The van der Waals surface area contributed by atoms with E-state index >= 15 is 0 Å². The van der Waals surface area contributed by atoms with Crippen molar-refractivity contribution >= 4 is 23.2 Å². The van der Waals surface area contributed by atoms with E-state index in [0.29, 0.717) is 18.7 Å². The Morgan fingerprint density at radius 3 is 2.96 bits per heavy atom.